The van der Waals surface area contributed by atoms with Gasteiger partial charge in [0.05, 0.1) is 12.0 Å². The number of benzene rings is 1. The van der Waals surface area contributed by atoms with Crippen molar-refractivity contribution in [2.75, 3.05) is 0 Å². The van der Waals surface area contributed by atoms with Gasteiger partial charge in [0.15, 0.2) is 0 Å². The topological polar surface area (TPSA) is 78.5 Å². The summed E-state index contributed by atoms with van der Waals surface area (Å²) in [5.74, 6) is -1.34. The highest BCUT2D eigenvalue weighted by atomic mass is 16.6. The van der Waals surface area contributed by atoms with Crippen LogP contribution in [0.5, 0.6) is 0 Å². The number of alkyl carbamates (subject to hydrolysis) is 1. The number of carboxylic acid groups (broad SMARTS) is 1. The summed E-state index contributed by atoms with van der Waals surface area (Å²) in [5.41, 5.74) is 1.31. The molecule has 0 aliphatic heterocycles. The molecule has 5 nitrogen and oxygen atoms in total. The lowest BCUT2D eigenvalue weighted by molar-refractivity contribution is -0.308. The van der Waals surface area contributed by atoms with Crippen LogP contribution >= 0.6 is 0 Å². The Morgan fingerprint density at radius 2 is 1.61 bits per heavy atom. The molecule has 1 N–H and O–H groups in total. The number of carboxylic acids is 1. The third-order valence-corrected chi connectivity index (χ3v) is 3.24. The third kappa shape index (κ3) is 6.72. The molecule has 0 unspecified atom stereocenters. The molecule has 0 radical (unpaired) electrons. The van der Waals surface area contributed by atoms with Crippen LogP contribution in [0.4, 0.5) is 4.79 Å². The smallest absolute Gasteiger partial charge is 0.408 e. The van der Waals surface area contributed by atoms with Crippen LogP contribution in [-0.4, -0.2) is 23.7 Å². The molecule has 23 heavy (non-hydrogen) atoms. The lowest BCUT2D eigenvalue weighted by Gasteiger charge is -2.24. The number of carbonyl (C=O) groups is 2. The molecule has 0 saturated carbocycles. The van der Waals surface area contributed by atoms with Gasteiger partial charge in [-0.15, -0.1) is 0 Å². The van der Waals surface area contributed by atoms with Crippen LogP contribution in [0.1, 0.15) is 52.7 Å². The number of amides is 1. The molecule has 0 fully saturated rings. The van der Waals surface area contributed by atoms with E-state index in [-0.39, 0.29) is 11.8 Å². The van der Waals surface area contributed by atoms with Gasteiger partial charge in [-0.05, 0) is 43.7 Å². The van der Waals surface area contributed by atoms with Gasteiger partial charge in [0.1, 0.15) is 5.60 Å². The number of hydrogen-bond acceptors (Lipinski definition) is 4. The van der Waals surface area contributed by atoms with Crippen molar-refractivity contribution in [3.05, 3.63) is 35.4 Å². The van der Waals surface area contributed by atoms with E-state index < -0.39 is 23.7 Å². The molecular weight excluding hydrogens is 294 g/mol. The van der Waals surface area contributed by atoms with E-state index >= 15 is 0 Å². The fourth-order valence-corrected chi connectivity index (χ4v) is 2.02. The maximum atomic E-state index is 11.7. The number of ether oxygens (including phenoxy) is 1. The zero-order valence-electron chi connectivity index (χ0n) is 14.7. The second-order valence-corrected chi connectivity index (χ2v) is 7.67. The summed E-state index contributed by atoms with van der Waals surface area (Å²) in [7, 11) is 0. The van der Waals surface area contributed by atoms with Gasteiger partial charge in [0, 0.05) is 0 Å². The minimum absolute atomic E-state index is 0.0288. The van der Waals surface area contributed by atoms with E-state index in [0.29, 0.717) is 0 Å². The molecule has 128 valence electrons. The number of nitrogens with one attached hydrogen (secondary N) is 1. The van der Waals surface area contributed by atoms with Crippen molar-refractivity contribution in [3.8, 4) is 0 Å². The molecule has 0 spiro atoms. The maximum absolute atomic E-state index is 11.7. The molecule has 1 amide bonds. The quantitative estimate of drug-likeness (QED) is 0.922. The Bertz CT molecular complexity index is 550. The van der Waals surface area contributed by atoms with Crippen LogP contribution in [-0.2, 0) is 21.4 Å². The van der Waals surface area contributed by atoms with Crippen molar-refractivity contribution in [3.63, 3.8) is 0 Å². The van der Waals surface area contributed by atoms with Crippen LogP contribution in [0, 0.1) is 0 Å². The average Bonchev–Trinajstić information content (AvgIpc) is 2.35. The average molecular weight is 320 g/mol. The predicted molar refractivity (Wildman–Crippen MR) is 87.0 cm³/mol. The molecule has 0 bridgehead atoms. The molecule has 1 rings (SSSR count). The van der Waals surface area contributed by atoms with Crippen molar-refractivity contribution in [1.29, 1.82) is 0 Å². The Kier molecular flexibility index (Phi) is 5.81. The van der Waals surface area contributed by atoms with E-state index in [1.54, 1.807) is 20.8 Å². The van der Waals surface area contributed by atoms with Crippen molar-refractivity contribution in [2.45, 2.75) is 65.0 Å². The van der Waals surface area contributed by atoms with E-state index in [1.165, 1.54) is 0 Å². The molecule has 1 aromatic carbocycles. The van der Waals surface area contributed by atoms with Gasteiger partial charge in [-0.1, -0.05) is 45.0 Å². The van der Waals surface area contributed by atoms with Crippen molar-refractivity contribution in [2.24, 2.45) is 0 Å². The zero-order valence-corrected chi connectivity index (χ0v) is 14.7. The number of hydrogen-bond donors (Lipinski definition) is 1. The standard InChI is InChI=1S/C18H27NO4/c1-17(2,3)13-9-7-12(8-10-13)11-14(15(20)21)19-16(22)23-18(4,5)6/h7-10,14H,11H2,1-6H3,(H,19,22)(H,20,21)/p-1/t14-/m1/s1. The van der Waals surface area contributed by atoms with Gasteiger partial charge in [-0.25, -0.2) is 4.79 Å². The van der Waals surface area contributed by atoms with Gasteiger partial charge in [-0.2, -0.15) is 0 Å². The fraction of sp³-hybridized carbons (Fsp3) is 0.556. The van der Waals surface area contributed by atoms with E-state index in [1.807, 2.05) is 24.3 Å². The number of rotatable bonds is 4. The first-order chi connectivity index (χ1) is 10.4. The molecule has 0 saturated heterocycles. The number of carbonyl (C=O) groups excluding carboxylic acids is 2. The van der Waals surface area contributed by atoms with E-state index in [2.05, 4.69) is 26.1 Å². The molecule has 0 heterocycles. The Morgan fingerprint density at radius 3 is 2.00 bits per heavy atom. The van der Waals surface area contributed by atoms with Gasteiger partial charge in [0.2, 0.25) is 0 Å². The molecule has 1 atom stereocenters. The van der Waals surface area contributed by atoms with Crippen molar-refractivity contribution < 1.29 is 19.4 Å². The normalized spacial score (nSPS) is 13.3. The van der Waals surface area contributed by atoms with Gasteiger partial charge < -0.3 is 20.0 Å². The summed E-state index contributed by atoms with van der Waals surface area (Å²) in [6.07, 6.45) is -0.621. The predicted octanol–water partition coefficient (Wildman–Crippen LogP) is 2.17. The highest BCUT2D eigenvalue weighted by Crippen LogP contribution is 2.22. The fourth-order valence-electron chi connectivity index (χ4n) is 2.02. The summed E-state index contributed by atoms with van der Waals surface area (Å²) < 4.78 is 5.08. The highest BCUT2D eigenvalue weighted by molar-refractivity contribution is 5.79. The molecule has 1 aromatic rings. The molecular formula is C18H26NO4-. The van der Waals surface area contributed by atoms with E-state index in [9.17, 15) is 14.7 Å². The lowest BCUT2D eigenvalue weighted by Crippen LogP contribution is -2.50. The van der Waals surface area contributed by atoms with Crippen LogP contribution in [0.25, 0.3) is 0 Å². The molecule has 0 aromatic heterocycles. The summed E-state index contributed by atoms with van der Waals surface area (Å²) >= 11 is 0. The van der Waals surface area contributed by atoms with Gasteiger partial charge >= 0.3 is 6.09 Å². The van der Waals surface area contributed by atoms with Crippen LogP contribution in [0.15, 0.2) is 24.3 Å². The largest absolute Gasteiger partial charge is 0.548 e. The Labute approximate surface area is 138 Å². The van der Waals surface area contributed by atoms with Crippen LogP contribution in [0.2, 0.25) is 0 Å². The summed E-state index contributed by atoms with van der Waals surface area (Å²) in [6.45, 7) is 11.5. The van der Waals surface area contributed by atoms with E-state index in [0.717, 1.165) is 11.1 Å². The summed E-state index contributed by atoms with van der Waals surface area (Å²) in [4.78, 5) is 23.0. The monoisotopic (exact) mass is 320 g/mol. The van der Waals surface area contributed by atoms with Crippen molar-refractivity contribution in [1.82, 2.24) is 5.32 Å². The van der Waals surface area contributed by atoms with Crippen LogP contribution < -0.4 is 10.4 Å². The molecule has 0 aliphatic carbocycles. The maximum Gasteiger partial charge on any atom is 0.408 e. The number of aliphatic carboxylic acids is 1. The third-order valence-electron chi connectivity index (χ3n) is 3.24. The van der Waals surface area contributed by atoms with Gasteiger partial charge in [-0.3, -0.25) is 0 Å². The highest BCUT2D eigenvalue weighted by Gasteiger charge is 2.21. The summed E-state index contributed by atoms with van der Waals surface area (Å²) in [5, 5.41) is 13.6. The molecule has 0 aliphatic rings. The van der Waals surface area contributed by atoms with E-state index in [4.69, 9.17) is 4.74 Å². The minimum atomic E-state index is -1.34. The first-order valence-electron chi connectivity index (χ1n) is 7.68. The first-order valence-corrected chi connectivity index (χ1v) is 7.68. The Hall–Kier alpha value is -2.04. The second-order valence-electron chi connectivity index (χ2n) is 7.67. The Morgan fingerprint density at radius 1 is 1.09 bits per heavy atom. The minimum Gasteiger partial charge on any atom is -0.548 e. The SMILES string of the molecule is CC(C)(C)OC(=O)N[C@H](Cc1ccc(C(C)(C)C)cc1)C(=O)[O-]. The first kappa shape index (κ1) is 19.0. The Balaban J connectivity index is 2.77. The summed E-state index contributed by atoms with van der Waals surface area (Å²) in [6, 6.07) is 6.54. The van der Waals surface area contributed by atoms with Crippen molar-refractivity contribution >= 4 is 12.1 Å². The molecule has 5 heteroatoms. The van der Waals surface area contributed by atoms with Gasteiger partial charge in [0.25, 0.3) is 0 Å². The van der Waals surface area contributed by atoms with Crippen LogP contribution in [0.3, 0.4) is 0 Å². The lowest BCUT2D eigenvalue weighted by atomic mass is 9.86. The second kappa shape index (κ2) is 7.02. The zero-order chi connectivity index (χ0) is 17.8.